The van der Waals surface area contributed by atoms with Crippen LogP contribution in [0.4, 0.5) is 0 Å². The molecule has 1 spiro atoms. The Kier molecular flexibility index (Phi) is 3.00. The largest absolute Gasteiger partial charge is 0.465 e. The molecule has 6 nitrogen and oxygen atoms in total. The summed E-state index contributed by atoms with van der Waals surface area (Å²) in [6.07, 6.45) is 2.31. The summed E-state index contributed by atoms with van der Waals surface area (Å²) in [5.74, 6) is 1.34. The Bertz CT molecular complexity index is 702. The highest BCUT2D eigenvalue weighted by molar-refractivity contribution is 5.89. The number of ether oxygens (including phenoxy) is 1. The lowest BCUT2D eigenvalue weighted by Crippen LogP contribution is -2.10. The van der Waals surface area contributed by atoms with E-state index in [4.69, 9.17) is 4.52 Å². The van der Waals surface area contributed by atoms with Crippen LogP contribution in [0.1, 0.15) is 35.0 Å². The third-order valence-corrected chi connectivity index (χ3v) is 4.77. The van der Waals surface area contributed by atoms with Crippen LogP contribution >= 0.6 is 0 Å². The molecule has 2 unspecified atom stereocenters. The van der Waals surface area contributed by atoms with Crippen molar-refractivity contribution in [1.82, 2.24) is 15.5 Å². The number of esters is 1. The van der Waals surface area contributed by atoms with Gasteiger partial charge in [-0.3, -0.25) is 0 Å². The molecule has 0 bridgehead atoms. The number of nitrogens with zero attached hydrogens (tertiary/aromatic N) is 2. The molecule has 114 valence electrons. The van der Waals surface area contributed by atoms with Crippen LogP contribution in [0, 0.1) is 5.41 Å². The highest BCUT2D eigenvalue weighted by atomic mass is 16.5. The number of aromatic nitrogens is 2. The van der Waals surface area contributed by atoms with Crippen LogP contribution < -0.4 is 5.32 Å². The Labute approximate surface area is 127 Å². The molecule has 0 radical (unpaired) electrons. The van der Waals surface area contributed by atoms with Gasteiger partial charge in [-0.15, -0.1) is 0 Å². The quantitative estimate of drug-likeness (QED) is 0.873. The summed E-state index contributed by atoms with van der Waals surface area (Å²) in [7, 11) is 1.37. The van der Waals surface area contributed by atoms with Gasteiger partial charge in [0.15, 0.2) is 0 Å². The van der Waals surface area contributed by atoms with E-state index in [1.54, 1.807) is 24.3 Å². The van der Waals surface area contributed by atoms with Crippen molar-refractivity contribution >= 4 is 5.97 Å². The third kappa shape index (κ3) is 2.11. The maximum Gasteiger partial charge on any atom is 0.337 e. The predicted molar refractivity (Wildman–Crippen MR) is 78.4 cm³/mol. The van der Waals surface area contributed by atoms with Gasteiger partial charge >= 0.3 is 5.97 Å². The molecule has 2 aromatic rings. The number of rotatable bonds is 3. The number of benzene rings is 1. The number of methoxy groups -OCH3 is 1. The summed E-state index contributed by atoms with van der Waals surface area (Å²) in [4.78, 5) is 16.0. The normalized spacial score (nSPS) is 26.3. The number of hydrogen-bond acceptors (Lipinski definition) is 6. The number of nitrogens with one attached hydrogen (secondary N) is 1. The second-order valence-electron chi connectivity index (χ2n) is 6.07. The monoisotopic (exact) mass is 299 g/mol. The predicted octanol–water partition coefficient (Wildman–Crippen LogP) is 1.99. The molecule has 2 atom stereocenters. The van der Waals surface area contributed by atoms with Crippen molar-refractivity contribution in [3.8, 4) is 11.4 Å². The second-order valence-corrected chi connectivity index (χ2v) is 6.07. The number of hydrogen-bond donors (Lipinski definition) is 1. The first-order valence-electron chi connectivity index (χ1n) is 7.45. The van der Waals surface area contributed by atoms with Crippen molar-refractivity contribution in [3.63, 3.8) is 0 Å². The summed E-state index contributed by atoms with van der Waals surface area (Å²) >= 11 is 0. The standard InChI is InChI=1S/C16H17N3O3/c1-21-15(20)11-4-2-10(3-5-11)13-18-14(22-19-13)12-8-16(12)6-7-17-9-16/h2-5,12,17H,6-9H2,1H3. The van der Waals surface area contributed by atoms with Crippen molar-refractivity contribution in [1.29, 1.82) is 0 Å². The van der Waals surface area contributed by atoms with Crippen LogP contribution in [0.15, 0.2) is 28.8 Å². The lowest BCUT2D eigenvalue weighted by Gasteiger charge is -2.02. The average Bonchev–Trinajstić information content (AvgIpc) is 2.94. The van der Waals surface area contributed by atoms with E-state index in [1.807, 2.05) is 0 Å². The fraction of sp³-hybridized carbons (Fsp3) is 0.438. The lowest BCUT2D eigenvalue weighted by molar-refractivity contribution is 0.0601. The van der Waals surface area contributed by atoms with Gasteiger partial charge in [-0.1, -0.05) is 17.3 Å². The van der Waals surface area contributed by atoms with Crippen LogP contribution in [-0.2, 0) is 4.74 Å². The van der Waals surface area contributed by atoms with Gasteiger partial charge in [-0.25, -0.2) is 4.79 Å². The van der Waals surface area contributed by atoms with E-state index in [9.17, 15) is 4.79 Å². The Balaban J connectivity index is 1.53. The average molecular weight is 299 g/mol. The van der Waals surface area contributed by atoms with E-state index in [-0.39, 0.29) is 5.97 Å². The first kappa shape index (κ1) is 13.5. The van der Waals surface area contributed by atoms with Gasteiger partial charge in [0.1, 0.15) is 0 Å². The van der Waals surface area contributed by atoms with Gasteiger partial charge in [-0.2, -0.15) is 4.98 Å². The topological polar surface area (TPSA) is 77.2 Å². The molecule has 1 N–H and O–H groups in total. The van der Waals surface area contributed by atoms with Gasteiger partial charge in [0.25, 0.3) is 0 Å². The zero-order valence-electron chi connectivity index (χ0n) is 12.3. The van der Waals surface area contributed by atoms with Crippen molar-refractivity contribution in [2.75, 3.05) is 20.2 Å². The van der Waals surface area contributed by atoms with Crippen LogP contribution in [0.5, 0.6) is 0 Å². The fourth-order valence-corrected chi connectivity index (χ4v) is 3.30. The van der Waals surface area contributed by atoms with Crippen molar-refractivity contribution < 1.29 is 14.1 Å². The molecule has 6 heteroatoms. The summed E-state index contributed by atoms with van der Waals surface area (Å²) in [5, 5.41) is 7.48. The molecular weight excluding hydrogens is 282 g/mol. The molecule has 1 aliphatic heterocycles. The SMILES string of the molecule is COC(=O)c1ccc(-c2noc(C3CC34CCNC4)n2)cc1. The first-order valence-corrected chi connectivity index (χ1v) is 7.45. The number of carbonyl (C=O) groups excluding carboxylic acids is 1. The minimum atomic E-state index is -0.353. The van der Waals surface area contributed by atoms with Crippen molar-refractivity contribution in [2.45, 2.75) is 18.8 Å². The zero-order chi connectivity index (χ0) is 15.2. The Morgan fingerprint density at radius 2 is 2.23 bits per heavy atom. The van der Waals surface area contributed by atoms with Crippen LogP contribution in [0.2, 0.25) is 0 Å². The lowest BCUT2D eigenvalue weighted by atomic mass is 10.0. The first-order chi connectivity index (χ1) is 10.7. The summed E-state index contributed by atoms with van der Waals surface area (Å²) in [6, 6.07) is 7.02. The number of carbonyl (C=O) groups is 1. The van der Waals surface area contributed by atoms with Crippen molar-refractivity contribution in [2.24, 2.45) is 5.41 Å². The fourth-order valence-electron chi connectivity index (χ4n) is 3.30. The molecule has 0 amide bonds. The molecule has 1 aromatic carbocycles. The van der Waals surface area contributed by atoms with Crippen molar-refractivity contribution in [3.05, 3.63) is 35.7 Å². The van der Waals surface area contributed by atoms with E-state index in [0.29, 0.717) is 22.7 Å². The Morgan fingerprint density at radius 3 is 2.91 bits per heavy atom. The molecule has 1 saturated heterocycles. The Morgan fingerprint density at radius 1 is 1.41 bits per heavy atom. The molecule has 2 fully saturated rings. The van der Waals surface area contributed by atoms with Gasteiger partial charge in [-0.05, 0) is 36.9 Å². The van der Waals surface area contributed by atoms with E-state index >= 15 is 0 Å². The molecule has 4 rings (SSSR count). The zero-order valence-corrected chi connectivity index (χ0v) is 12.3. The molecule has 1 aromatic heterocycles. The summed E-state index contributed by atoms with van der Waals surface area (Å²) in [5.41, 5.74) is 1.69. The van der Waals surface area contributed by atoms with Crippen LogP contribution in [0.3, 0.4) is 0 Å². The van der Waals surface area contributed by atoms with E-state index in [1.165, 1.54) is 13.5 Å². The molecule has 1 saturated carbocycles. The van der Waals surface area contributed by atoms with Crippen LogP contribution in [0.25, 0.3) is 11.4 Å². The molecule has 22 heavy (non-hydrogen) atoms. The maximum absolute atomic E-state index is 11.4. The molecule has 1 aliphatic carbocycles. The van der Waals surface area contributed by atoms with Gasteiger partial charge < -0.3 is 14.6 Å². The van der Waals surface area contributed by atoms with E-state index < -0.39 is 0 Å². The molecule has 2 heterocycles. The van der Waals surface area contributed by atoms with Gasteiger partial charge in [0.2, 0.25) is 11.7 Å². The summed E-state index contributed by atoms with van der Waals surface area (Å²) < 4.78 is 10.1. The summed E-state index contributed by atoms with van der Waals surface area (Å²) in [6.45, 7) is 2.12. The Hall–Kier alpha value is -2.21. The van der Waals surface area contributed by atoms with Gasteiger partial charge in [0, 0.05) is 18.0 Å². The molecule has 2 aliphatic rings. The van der Waals surface area contributed by atoms with E-state index in [2.05, 4.69) is 20.2 Å². The van der Waals surface area contributed by atoms with Crippen LogP contribution in [-0.4, -0.2) is 36.3 Å². The smallest absolute Gasteiger partial charge is 0.337 e. The van der Waals surface area contributed by atoms with Gasteiger partial charge in [0.05, 0.1) is 12.7 Å². The minimum Gasteiger partial charge on any atom is -0.465 e. The van der Waals surface area contributed by atoms with E-state index in [0.717, 1.165) is 31.0 Å². The second kappa shape index (κ2) is 4.91. The molecular formula is C16H17N3O3. The highest BCUT2D eigenvalue weighted by Crippen LogP contribution is 2.62. The maximum atomic E-state index is 11.4. The highest BCUT2D eigenvalue weighted by Gasteiger charge is 2.58. The third-order valence-electron chi connectivity index (χ3n) is 4.77. The minimum absolute atomic E-state index is 0.346.